The van der Waals surface area contributed by atoms with Crippen molar-refractivity contribution in [1.82, 2.24) is 19.7 Å². The molecular weight excluding hydrogens is 416 g/mol. The Morgan fingerprint density at radius 2 is 2.07 bits per heavy atom. The molecule has 4 rings (SSSR count). The van der Waals surface area contributed by atoms with Crippen LogP contribution in [0.1, 0.15) is 36.9 Å². The smallest absolute Gasteiger partial charge is 0.245 e. The number of hydrogen-bond acceptors (Lipinski definition) is 5. The maximum absolute atomic E-state index is 13.2. The Kier molecular flexibility index (Phi) is 6.06. The largest absolute Gasteiger partial charge is 0.490 e. The Balaban J connectivity index is 1.42. The van der Waals surface area contributed by atoms with Gasteiger partial charge in [0.15, 0.2) is 10.6 Å². The number of carbonyl (C=O) groups is 1. The minimum Gasteiger partial charge on any atom is -0.490 e. The Bertz CT molecular complexity index is 1080. The maximum atomic E-state index is 13.2. The first-order valence-corrected chi connectivity index (χ1v) is 11.5. The fourth-order valence-corrected chi connectivity index (χ4v) is 4.83. The molecule has 1 N–H and O–H groups in total. The highest BCUT2D eigenvalue weighted by Gasteiger charge is 2.29. The molecule has 1 amide bonds. The average molecular weight is 443 g/mol. The van der Waals surface area contributed by atoms with Crippen LogP contribution in [0, 0.1) is 18.6 Å². The average Bonchev–Trinajstić information content (AvgIpc) is 3.40. The molecule has 0 saturated carbocycles. The number of nitrogens with one attached hydrogen (secondary N) is 1. The van der Waals surface area contributed by atoms with Gasteiger partial charge in [0, 0.05) is 25.9 Å². The summed E-state index contributed by atoms with van der Waals surface area (Å²) in [7, 11) is 0. The second kappa shape index (κ2) is 8.73. The van der Waals surface area contributed by atoms with E-state index < -0.39 is 6.04 Å². The van der Waals surface area contributed by atoms with Gasteiger partial charge >= 0.3 is 0 Å². The van der Waals surface area contributed by atoms with Gasteiger partial charge in [0.05, 0.1) is 4.88 Å². The number of thiophene rings is 1. The van der Waals surface area contributed by atoms with Crippen LogP contribution in [0.5, 0.6) is 5.75 Å². The molecule has 1 aliphatic rings. The summed E-state index contributed by atoms with van der Waals surface area (Å²) in [5.74, 6) is 1.72. The number of aromatic nitrogens is 3. The zero-order chi connectivity index (χ0) is 21.3. The molecule has 8 heteroatoms. The second-order valence-corrected chi connectivity index (χ2v) is 9.12. The number of likely N-dealkylation sites (tertiary alicyclic amines) is 1. The molecule has 1 unspecified atom stereocenters. The van der Waals surface area contributed by atoms with E-state index in [-0.39, 0.29) is 12.0 Å². The highest BCUT2D eigenvalue weighted by atomic mass is 32.1. The third-order valence-corrected chi connectivity index (χ3v) is 6.74. The number of amides is 1. The van der Waals surface area contributed by atoms with Gasteiger partial charge in [-0.25, -0.2) is 0 Å². The molecule has 0 spiro atoms. The molecule has 0 radical (unpaired) electrons. The fourth-order valence-electron chi connectivity index (χ4n) is 3.83. The van der Waals surface area contributed by atoms with Crippen LogP contribution in [0.15, 0.2) is 35.7 Å². The van der Waals surface area contributed by atoms with Crippen LogP contribution in [0.2, 0.25) is 0 Å². The first-order valence-electron chi connectivity index (χ1n) is 10.2. The van der Waals surface area contributed by atoms with Gasteiger partial charge in [-0.1, -0.05) is 18.2 Å². The predicted octanol–water partition coefficient (Wildman–Crippen LogP) is 4.92. The molecule has 3 aromatic rings. The number of rotatable bonds is 5. The van der Waals surface area contributed by atoms with Crippen molar-refractivity contribution in [3.05, 3.63) is 51.6 Å². The topological polar surface area (TPSA) is 63.1 Å². The van der Waals surface area contributed by atoms with Gasteiger partial charge in [0.1, 0.15) is 17.9 Å². The number of H-pyrrole nitrogens is 1. The number of aromatic amines is 1. The van der Waals surface area contributed by atoms with Crippen molar-refractivity contribution in [2.24, 2.45) is 0 Å². The Morgan fingerprint density at radius 1 is 1.30 bits per heavy atom. The summed E-state index contributed by atoms with van der Waals surface area (Å²) in [6.45, 7) is 7.38. The standard InChI is InChI=1S/C22H26N4O2S2/c1-14-6-7-15(2)18(13-14)28-17-8-10-25(11-9-17)21(27)16(3)26-20(23-24-22(26)29)19-5-4-12-30-19/h4-7,12-13,16-17H,8-11H2,1-3H3,(H,24,29). The predicted molar refractivity (Wildman–Crippen MR) is 122 cm³/mol. The monoisotopic (exact) mass is 442 g/mol. The Labute approximate surface area is 185 Å². The van der Waals surface area contributed by atoms with E-state index in [2.05, 4.69) is 42.2 Å². The minimum atomic E-state index is -0.412. The molecule has 1 saturated heterocycles. The van der Waals surface area contributed by atoms with Crippen molar-refractivity contribution < 1.29 is 9.53 Å². The van der Waals surface area contributed by atoms with Gasteiger partial charge < -0.3 is 9.64 Å². The van der Waals surface area contributed by atoms with E-state index in [0.717, 1.165) is 29.0 Å². The molecule has 1 aromatic carbocycles. The van der Waals surface area contributed by atoms with Crippen molar-refractivity contribution in [2.75, 3.05) is 13.1 Å². The van der Waals surface area contributed by atoms with E-state index in [1.807, 2.05) is 33.9 Å². The van der Waals surface area contributed by atoms with Crippen molar-refractivity contribution >= 4 is 29.5 Å². The highest BCUT2D eigenvalue weighted by molar-refractivity contribution is 7.71. The minimum absolute atomic E-state index is 0.0653. The summed E-state index contributed by atoms with van der Waals surface area (Å²) >= 11 is 7.00. The fraction of sp³-hybridized carbons (Fsp3) is 0.409. The third kappa shape index (κ3) is 4.20. The Morgan fingerprint density at radius 3 is 2.77 bits per heavy atom. The molecular formula is C22H26N4O2S2. The van der Waals surface area contributed by atoms with E-state index in [9.17, 15) is 4.79 Å². The van der Waals surface area contributed by atoms with Crippen molar-refractivity contribution in [3.63, 3.8) is 0 Å². The van der Waals surface area contributed by atoms with Gasteiger partial charge in [-0.2, -0.15) is 5.10 Å². The Hall–Kier alpha value is -2.45. The molecule has 30 heavy (non-hydrogen) atoms. The number of ether oxygens (including phenoxy) is 1. The van der Waals surface area contributed by atoms with Crippen molar-refractivity contribution in [3.8, 4) is 16.5 Å². The third-order valence-electron chi connectivity index (χ3n) is 5.58. The summed E-state index contributed by atoms with van der Waals surface area (Å²) in [6, 6.07) is 9.81. The SMILES string of the molecule is Cc1ccc(C)c(OC2CCN(C(=O)C(C)n3c(-c4cccs4)n[nH]c3=S)CC2)c1. The van der Waals surface area contributed by atoms with Crippen LogP contribution in [0.4, 0.5) is 0 Å². The normalized spacial score (nSPS) is 15.9. The van der Waals surface area contributed by atoms with Crippen LogP contribution >= 0.6 is 23.6 Å². The number of benzene rings is 1. The lowest BCUT2D eigenvalue weighted by atomic mass is 10.1. The number of carbonyl (C=O) groups excluding carboxylic acids is 1. The molecule has 0 bridgehead atoms. The lowest BCUT2D eigenvalue weighted by Crippen LogP contribution is -2.44. The second-order valence-electron chi connectivity index (χ2n) is 7.79. The van der Waals surface area contributed by atoms with Crippen LogP contribution in [0.25, 0.3) is 10.7 Å². The molecule has 0 aliphatic carbocycles. The van der Waals surface area contributed by atoms with E-state index in [0.29, 0.717) is 23.7 Å². The first kappa shape index (κ1) is 20.8. The molecule has 3 heterocycles. The summed E-state index contributed by atoms with van der Waals surface area (Å²) in [5, 5.41) is 9.18. The van der Waals surface area contributed by atoms with Gasteiger partial charge in [-0.15, -0.1) is 11.3 Å². The molecule has 1 aliphatic heterocycles. The summed E-state index contributed by atoms with van der Waals surface area (Å²) in [4.78, 5) is 16.1. The van der Waals surface area contributed by atoms with Crippen LogP contribution < -0.4 is 4.74 Å². The molecule has 1 atom stereocenters. The summed E-state index contributed by atoms with van der Waals surface area (Å²) in [5.41, 5.74) is 2.33. The van der Waals surface area contributed by atoms with E-state index in [4.69, 9.17) is 17.0 Å². The van der Waals surface area contributed by atoms with Crippen LogP contribution in [0.3, 0.4) is 0 Å². The molecule has 1 fully saturated rings. The lowest BCUT2D eigenvalue weighted by Gasteiger charge is -2.34. The molecule has 2 aromatic heterocycles. The van der Waals surface area contributed by atoms with Crippen LogP contribution in [-0.4, -0.2) is 44.8 Å². The van der Waals surface area contributed by atoms with Crippen LogP contribution in [-0.2, 0) is 4.79 Å². The number of nitrogens with zero attached hydrogens (tertiary/aromatic N) is 3. The number of piperidine rings is 1. The zero-order valence-electron chi connectivity index (χ0n) is 17.4. The zero-order valence-corrected chi connectivity index (χ0v) is 19.1. The van der Waals surface area contributed by atoms with Crippen molar-refractivity contribution in [2.45, 2.75) is 45.8 Å². The van der Waals surface area contributed by atoms with E-state index in [1.54, 1.807) is 11.3 Å². The van der Waals surface area contributed by atoms with E-state index in [1.165, 1.54) is 5.56 Å². The quantitative estimate of drug-likeness (QED) is 0.570. The van der Waals surface area contributed by atoms with Crippen molar-refractivity contribution in [1.29, 1.82) is 0 Å². The molecule has 158 valence electrons. The van der Waals surface area contributed by atoms with Gasteiger partial charge in [0.2, 0.25) is 5.91 Å². The lowest BCUT2D eigenvalue weighted by molar-refractivity contribution is -0.136. The maximum Gasteiger partial charge on any atom is 0.245 e. The van der Waals surface area contributed by atoms with Gasteiger partial charge in [-0.3, -0.25) is 14.5 Å². The summed E-state index contributed by atoms with van der Waals surface area (Å²) < 4.78 is 8.53. The van der Waals surface area contributed by atoms with Gasteiger partial charge in [-0.05, 0) is 61.6 Å². The van der Waals surface area contributed by atoms with Gasteiger partial charge in [0.25, 0.3) is 0 Å². The molecule has 6 nitrogen and oxygen atoms in total. The van der Waals surface area contributed by atoms with E-state index >= 15 is 0 Å². The summed E-state index contributed by atoms with van der Waals surface area (Å²) in [6.07, 6.45) is 1.77. The number of hydrogen-bond donors (Lipinski definition) is 1. The first-order chi connectivity index (χ1) is 14.4. The highest BCUT2D eigenvalue weighted by Crippen LogP contribution is 2.28. The number of aryl methyl sites for hydroxylation is 2.